The van der Waals surface area contributed by atoms with E-state index in [1.54, 1.807) is 0 Å². The highest BCUT2D eigenvalue weighted by Crippen LogP contribution is 2.56. The van der Waals surface area contributed by atoms with Gasteiger partial charge in [0.2, 0.25) is 5.91 Å². The number of ether oxygens (including phenoxy) is 1. The van der Waals surface area contributed by atoms with Crippen molar-refractivity contribution in [3.63, 3.8) is 0 Å². The number of rotatable bonds is 6. The predicted octanol–water partition coefficient (Wildman–Crippen LogP) is 2.61. The lowest BCUT2D eigenvalue weighted by Gasteiger charge is -2.46. The molecule has 9 heteroatoms. The van der Waals surface area contributed by atoms with Gasteiger partial charge in [0.05, 0.1) is 12.4 Å². The zero-order valence-electron chi connectivity index (χ0n) is 22.7. The second-order valence-electron chi connectivity index (χ2n) is 11.3. The Bertz CT molecular complexity index is 989. The topological polar surface area (TPSA) is 130 Å². The van der Waals surface area contributed by atoms with Crippen LogP contribution in [0.25, 0.3) is 0 Å². The number of Topliss-reactive ketones (excluding diaryl/α,β-unsaturated/α-hetero) is 2. The van der Waals surface area contributed by atoms with E-state index in [1.165, 1.54) is 0 Å². The SMILES string of the molecule is COC(=O)C(O)CSC1CC(=O)C(O)CCC(C)=CC2C=C(C)C(C)C3C(CC(C)C)NC(=O)C23C1=O. The standard InChI is InChI=1S/C28H41NO7S/c1-14(2)9-19-24-17(5)16(4)11-18-10-15(3)7-8-20(30)21(31)12-23(37-13-22(32)26(34)36-6)25(33)28(18,24)27(35)29-19/h10-11,14,17-20,22-24,30,32H,7-9,12-13H2,1-6H3,(H,29,35). The van der Waals surface area contributed by atoms with Crippen LogP contribution in [-0.2, 0) is 23.9 Å². The van der Waals surface area contributed by atoms with Crippen LogP contribution in [0.1, 0.15) is 60.3 Å². The number of ketones is 2. The average molecular weight is 536 g/mol. The molecule has 206 valence electrons. The van der Waals surface area contributed by atoms with E-state index in [9.17, 15) is 29.4 Å². The van der Waals surface area contributed by atoms with E-state index < -0.39 is 40.5 Å². The van der Waals surface area contributed by atoms with Crippen LogP contribution in [0.2, 0.25) is 0 Å². The van der Waals surface area contributed by atoms with Crippen LogP contribution in [-0.4, -0.2) is 70.0 Å². The highest BCUT2D eigenvalue weighted by molar-refractivity contribution is 8.00. The van der Waals surface area contributed by atoms with Gasteiger partial charge < -0.3 is 20.3 Å². The van der Waals surface area contributed by atoms with Crippen molar-refractivity contribution in [3.05, 3.63) is 23.3 Å². The zero-order chi connectivity index (χ0) is 27.7. The molecule has 3 N–H and O–H groups in total. The van der Waals surface area contributed by atoms with E-state index in [0.717, 1.165) is 36.4 Å². The van der Waals surface area contributed by atoms with Crippen molar-refractivity contribution in [2.75, 3.05) is 12.9 Å². The minimum atomic E-state index is -1.48. The van der Waals surface area contributed by atoms with E-state index in [2.05, 4.69) is 30.8 Å². The molecule has 0 saturated carbocycles. The molecular formula is C28H41NO7S. The van der Waals surface area contributed by atoms with E-state index in [1.807, 2.05) is 26.0 Å². The first-order chi connectivity index (χ1) is 17.3. The maximum Gasteiger partial charge on any atom is 0.335 e. The molecule has 37 heavy (non-hydrogen) atoms. The highest BCUT2D eigenvalue weighted by atomic mass is 32.2. The van der Waals surface area contributed by atoms with Crippen LogP contribution < -0.4 is 5.32 Å². The van der Waals surface area contributed by atoms with Gasteiger partial charge >= 0.3 is 5.97 Å². The fraction of sp³-hybridized carbons (Fsp3) is 0.714. The normalized spacial score (nSPS) is 35.5. The van der Waals surface area contributed by atoms with Crippen molar-refractivity contribution < 1.29 is 34.1 Å². The number of methoxy groups -OCH3 is 1. The van der Waals surface area contributed by atoms with Gasteiger partial charge in [0.15, 0.2) is 17.7 Å². The minimum absolute atomic E-state index is 0.0469. The lowest BCUT2D eigenvalue weighted by Crippen LogP contribution is -2.55. The average Bonchev–Trinajstić information content (AvgIpc) is 3.12. The third kappa shape index (κ3) is 5.73. The molecular weight excluding hydrogens is 494 g/mol. The van der Waals surface area contributed by atoms with Crippen molar-refractivity contribution in [1.82, 2.24) is 5.32 Å². The summed E-state index contributed by atoms with van der Waals surface area (Å²) in [7, 11) is 1.16. The number of allylic oxidation sites excluding steroid dienone is 4. The lowest BCUT2D eigenvalue weighted by atomic mass is 9.54. The summed E-state index contributed by atoms with van der Waals surface area (Å²) in [5.41, 5.74) is 0.598. The largest absolute Gasteiger partial charge is 0.467 e. The van der Waals surface area contributed by atoms with Gasteiger partial charge in [0.1, 0.15) is 11.5 Å². The molecule has 1 spiro atoms. The number of nitrogens with one attached hydrogen (secondary N) is 1. The number of thioether (sulfide) groups is 1. The van der Waals surface area contributed by atoms with Gasteiger partial charge in [0.25, 0.3) is 0 Å². The van der Waals surface area contributed by atoms with Crippen LogP contribution in [0.15, 0.2) is 23.3 Å². The van der Waals surface area contributed by atoms with Crippen LogP contribution in [0.5, 0.6) is 0 Å². The Morgan fingerprint density at radius 1 is 1.24 bits per heavy atom. The molecule has 8 atom stereocenters. The maximum absolute atomic E-state index is 14.6. The summed E-state index contributed by atoms with van der Waals surface area (Å²) >= 11 is 0.974. The molecule has 1 fully saturated rings. The first kappa shape index (κ1) is 29.6. The van der Waals surface area contributed by atoms with Gasteiger partial charge in [-0.15, -0.1) is 11.8 Å². The fourth-order valence-electron chi connectivity index (χ4n) is 6.28. The van der Waals surface area contributed by atoms with Crippen LogP contribution in [0.4, 0.5) is 0 Å². The Balaban J connectivity index is 2.17. The van der Waals surface area contributed by atoms with Crippen LogP contribution in [0, 0.1) is 29.1 Å². The molecule has 3 aliphatic rings. The van der Waals surface area contributed by atoms with Gasteiger partial charge in [-0.2, -0.15) is 0 Å². The van der Waals surface area contributed by atoms with Crippen LogP contribution >= 0.6 is 11.8 Å². The molecule has 0 radical (unpaired) electrons. The Morgan fingerprint density at radius 3 is 2.54 bits per heavy atom. The number of carbonyl (C=O) groups is 4. The molecule has 0 aromatic carbocycles. The van der Waals surface area contributed by atoms with Crippen molar-refractivity contribution in [2.24, 2.45) is 29.1 Å². The highest BCUT2D eigenvalue weighted by Gasteiger charge is 2.66. The van der Waals surface area contributed by atoms with E-state index >= 15 is 0 Å². The molecule has 1 saturated heterocycles. The van der Waals surface area contributed by atoms with Crippen molar-refractivity contribution >= 4 is 35.2 Å². The van der Waals surface area contributed by atoms with Crippen molar-refractivity contribution in [3.8, 4) is 0 Å². The minimum Gasteiger partial charge on any atom is -0.467 e. The molecule has 0 aromatic rings. The fourth-order valence-corrected chi connectivity index (χ4v) is 7.46. The quantitative estimate of drug-likeness (QED) is 0.269. The number of hydrogen-bond donors (Lipinski definition) is 3. The maximum atomic E-state index is 14.6. The molecule has 3 rings (SSSR count). The van der Waals surface area contributed by atoms with Gasteiger partial charge in [-0.3, -0.25) is 14.4 Å². The van der Waals surface area contributed by atoms with Gasteiger partial charge in [0, 0.05) is 30.1 Å². The van der Waals surface area contributed by atoms with E-state index in [-0.39, 0.29) is 48.2 Å². The summed E-state index contributed by atoms with van der Waals surface area (Å²) < 4.78 is 4.60. The smallest absolute Gasteiger partial charge is 0.335 e. The number of aliphatic hydroxyl groups is 2. The molecule has 0 aromatic heterocycles. The Kier molecular flexibility index (Phi) is 9.46. The Labute approximate surface area is 223 Å². The summed E-state index contributed by atoms with van der Waals surface area (Å²) in [4.78, 5) is 53.5. The van der Waals surface area contributed by atoms with Gasteiger partial charge in [-0.1, -0.05) is 44.1 Å². The summed E-state index contributed by atoms with van der Waals surface area (Å²) in [5.74, 6) is -2.77. The van der Waals surface area contributed by atoms with Crippen molar-refractivity contribution in [1.29, 1.82) is 0 Å². The van der Waals surface area contributed by atoms with Gasteiger partial charge in [-0.05, 0) is 44.9 Å². The molecule has 8 nitrogen and oxygen atoms in total. The molecule has 2 aliphatic carbocycles. The monoisotopic (exact) mass is 535 g/mol. The van der Waals surface area contributed by atoms with E-state index in [0.29, 0.717) is 12.3 Å². The summed E-state index contributed by atoms with van der Waals surface area (Å²) in [6, 6.07) is -0.205. The zero-order valence-corrected chi connectivity index (χ0v) is 23.5. The van der Waals surface area contributed by atoms with Crippen molar-refractivity contribution in [2.45, 2.75) is 83.8 Å². The number of esters is 1. The lowest BCUT2D eigenvalue weighted by molar-refractivity contribution is -0.149. The summed E-state index contributed by atoms with van der Waals surface area (Å²) in [6.45, 7) is 10.2. The first-order valence-corrected chi connectivity index (χ1v) is 14.2. The number of aliphatic hydroxyl groups excluding tert-OH is 2. The molecule has 1 aliphatic heterocycles. The second-order valence-corrected chi connectivity index (χ2v) is 12.5. The number of amides is 1. The second kappa shape index (κ2) is 11.8. The predicted molar refractivity (Wildman–Crippen MR) is 142 cm³/mol. The number of hydrogen-bond acceptors (Lipinski definition) is 8. The van der Waals surface area contributed by atoms with Gasteiger partial charge in [-0.25, -0.2) is 4.79 Å². The molecule has 0 bridgehead atoms. The summed E-state index contributed by atoms with van der Waals surface area (Å²) in [6.07, 6.45) is 2.39. The number of carbonyl (C=O) groups excluding carboxylic acids is 4. The third-order valence-corrected chi connectivity index (χ3v) is 9.56. The first-order valence-electron chi connectivity index (χ1n) is 13.1. The third-order valence-electron chi connectivity index (χ3n) is 8.27. The Hall–Kier alpha value is -1.97. The molecule has 1 heterocycles. The van der Waals surface area contributed by atoms with E-state index in [4.69, 9.17) is 0 Å². The molecule has 1 amide bonds. The molecule has 8 unspecified atom stereocenters. The Morgan fingerprint density at radius 2 is 1.92 bits per heavy atom. The van der Waals surface area contributed by atoms with Crippen LogP contribution in [0.3, 0.4) is 0 Å². The summed E-state index contributed by atoms with van der Waals surface area (Å²) in [5, 5.41) is 22.9.